The third-order valence-electron chi connectivity index (χ3n) is 2.84. The summed E-state index contributed by atoms with van der Waals surface area (Å²) in [7, 11) is 1.91. The Balaban J connectivity index is 2.81. The molecule has 80 valence electrons. The highest BCUT2D eigenvalue weighted by Gasteiger charge is 2.21. The average Bonchev–Trinajstić information content (AvgIpc) is 2.53. The topological polar surface area (TPSA) is 55.9 Å². The van der Waals surface area contributed by atoms with E-state index in [1.54, 1.807) is 4.68 Å². The first-order valence-corrected chi connectivity index (χ1v) is 5.01. The maximum absolute atomic E-state index is 5.57. The zero-order valence-corrected chi connectivity index (χ0v) is 9.36. The fourth-order valence-corrected chi connectivity index (χ4v) is 1.54. The molecule has 1 heterocycles. The molecule has 0 saturated carbocycles. The van der Waals surface area contributed by atoms with Crippen LogP contribution in [0.25, 0.3) is 0 Å². The van der Waals surface area contributed by atoms with Gasteiger partial charge in [0.15, 0.2) is 0 Å². The molecule has 0 saturated heterocycles. The molecule has 1 aromatic heterocycles. The van der Waals surface area contributed by atoms with Crippen LogP contribution in [-0.4, -0.2) is 9.78 Å². The third-order valence-corrected chi connectivity index (χ3v) is 2.84. The molecule has 0 aliphatic carbocycles. The van der Waals surface area contributed by atoms with E-state index in [0.717, 1.165) is 5.56 Å². The summed E-state index contributed by atoms with van der Waals surface area (Å²) in [6.45, 7) is 6.60. The Bertz CT molecular complexity index is 279. The predicted octanol–water partition coefficient (Wildman–Crippen LogP) is 1.22. The van der Waals surface area contributed by atoms with Crippen molar-refractivity contribution in [3.05, 3.63) is 18.0 Å². The van der Waals surface area contributed by atoms with Crippen molar-refractivity contribution in [3.63, 3.8) is 0 Å². The van der Waals surface area contributed by atoms with E-state index in [0.29, 0.717) is 11.8 Å². The van der Waals surface area contributed by atoms with Crippen LogP contribution >= 0.6 is 0 Å². The lowest BCUT2D eigenvalue weighted by atomic mass is 9.88. The number of nitrogens with zero attached hydrogens (tertiary/aromatic N) is 2. The van der Waals surface area contributed by atoms with Crippen molar-refractivity contribution in [2.45, 2.75) is 26.8 Å². The zero-order valence-electron chi connectivity index (χ0n) is 9.36. The first-order chi connectivity index (χ1) is 6.56. The summed E-state index contributed by atoms with van der Waals surface area (Å²) >= 11 is 0. The summed E-state index contributed by atoms with van der Waals surface area (Å²) in [5.41, 5.74) is 4.01. The Labute approximate surface area is 85.5 Å². The number of rotatable bonds is 4. The highest BCUT2D eigenvalue weighted by Crippen LogP contribution is 2.26. The molecule has 1 rings (SSSR count). The number of hydrogen-bond acceptors (Lipinski definition) is 3. The van der Waals surface area contributed by atoms with Crippen molar-refractivity contribution in [3.8, 4) is 0 Å². The lowest BCUT2D eigenvalue weighted by Gasteiger charge is -2.25. The van der Waals surface area contributed by atoms with E-state index in [4.69, 9.17) is 5.84 Å². The minimum absolute atomic E-state index is 0.184. The molecule has 0 aliphatic rings. The average molecular weight is 196 g/mol. The van der Waals surface area contributed by atoms with Crippen LogP contribution in [0.3, 0.4) is 0 Å². The van der Waals surface area contributed by atoms with Gasteiger partial charge >= 0.3 is 0 Å². The second-order valence-electron chi connectivity index (χ2n) is 4.19. The molecule has 3 N–H and O–H groups in total. The molecule has 0 radical (unpaired) electrons. The molecule has 4 nitrogen and oxygen atoms in total. The molecule has 0 bridgehead atoms. The van der Waals surface area contributed by atoms with E-state index in [2.05, 4.69) is 31.3 Å². The van der Waals surface area contributed by atoms with Gasteiger partial charge in [0.25, 0.3) is 0 Å². The molecule has 0 fully saturated rings. The molecule has 0 amide bonds. The summed E-state index contributed by atoms with van der Waals surface area (Å²) in [4.78, 5) is 0. The minimum Gasteiger partial charge on any atom is -0.275 e. The number of hydrogen-bond donors (Lipinski definition) is 2. The van der Waals surface area contributed by atoms with Gasteiger partial charge in [-0.3, -0.25) is 16.0 Å². The Morgan fingerprint density at radius 2 is 2.07 bits per heavy atom. The van der Waals surface area contributed by atoms with Crippen LogP contribution in [0.4, 0.5) is 0 Å². The SMILES string of the molecule is CC(C)C(C)C(NN)c1cnn(C)c1. The van der Waals surface area contributed by atoms with Gasteiger partial charge < -0.3 is 0 Å². The van der Waals surface area contributed by atoms with Crippen LogP contribution in [0, 0.1) is 11.8 Å². The van der Waals surface area contributed by atoms with Gasteiger partial charge in [0.1, 0.15) is 0 Å². The molecule has 4 heteroatoms. The molecule has 2 unspecified atom stereocenters. The Hall–Kier alpha value is -0.870. The van der Waals surface area contributed by atoms with Gasteiger partial charge in [0, 0.05) is 18.8 Å². The molecule has 1 aromatic rings. The second-order valence-corrected chi connectivity index (χ2v) is 4.19. The van der Waals surface area contributed by atoms with Gasteiger partial charge in [-0.05, 0) is 11.8 Å². The summed E-state index contributed by atoms with van der Waals surface area (Å²) < 4.78 is 1.80. The molecule has 0 spiro atoms. The normalized spacial score (nSPS) is 15.9. The predicted molar refractivity (Wildman–Crippen MR) is 57.3 cm³/mol. The smallest absolute Gasteiger partial charge is 0.0538 e. The molecule has 14 heavy (non-hydrogen) atoms. The Morgan fingerprint density at radius 3 is 2.43 bits per heavy atom. The fourth-order valence-electron chi connectivity index (χ4n) is 1.54. The van der Waals surface area contributed by atoms with E-state index in [1.165, 1.54) is 0 Å². The number of aryl methyl sites for hydroxylation is 1. The highest BCUT2D eigenvalue weighted by atomic mass is 15.3. The first-order valence-electron chi connectivity index (χ1n) is 5.01. The van der Waals surface area contributed by atoms with Crippen LogP contribution in [0.2, 0.25) is 0 Å². The van der Waals surface area contributed by atoms with Crippen LogP contribution in [0.1, 0.15) is 32.4 Å². The van der Waals surface area contributed by atoms with Gasteiger partial charge in [0.05, 0.1) is 12.2 Å². The van der Waals surface area contributed by atoms with Crippen molar-refractivity contribution in [2.24, 2.45) is 24.7 Å². The number of aromatic nitrogens is 2. The lowest BCUT2D eigenvalue weighted by molar-refractivity contribution is 0.306. The maximum atomic E-state index is 5.57. The number of nitrogens with two attached hydrogens (primary N) is 1. The fraction of sp³-hybridized carbons (Fsp3) is 0.700. The first kappa shape index (κ1) is 11.2. The number of hydrazine groups is 1. The molecule has 0 aromatic carbocycles. The summed E-state index contributed by atoms with van der Waals surface area (Å²) in [5.74, 6) is 6.65. The quantitative estimate of drug-likeness (QED) is 0.562. The monoisotopic (exact) mass is 196 g/mol. The van der Waals surface area contributed by atoms with Crippen molar-refractivity contribution in [2.75, 3.05) is 0 Å². The van der Waals surface area contributed by atoms with E-state index < -0.39 is 0 Å². The van der Waals surface area contributed by atoms with E-state index in [1.807, 2.05) is 19.4 Å². The van der Waals surface area contributed by atoms with E-state index in [9.17, 15) is 0 Å². The lowest BCUT2D eigenvalue weighted by Crippen LogP contribution is -2.34. The number of nitrogens with one attached hydrogen (secondary N) is 1. The zero-order chi connectivity index (χ0) is 10.7. The molecule has 2 atom stereocenters. The van der Waals surface area contributed by atoms with Crippen LogP contribution in [0.15, 0.2) is 12.4 Å². The minimum atomic E-state index is 0.184. The third kappa shape index (κ3) is 2.33. The van der Waals surface area contributed by atoms with Gasteiger partial charge in [-0.25, -0.2) is 0 Å². The van der Waals surface area contributed by atoms with Crippen LogP contribution in [-0.2, 0) is 7.05 Å². The van der Waals surface area contributed by atoms with Gasteiger partial charge in [-0.2, -0.15) is 5.10 Å². The molecule has 0 aliphatic heterocycles. The highest BCUT2D eigenvalue weighted by molar-refractivity contribution is 5.11. The van der Waals surface area contributed by atoms with Crippen molar-refractivity contribution >= 4 is 0 Å². The second kappa shape index (κ2) is 4.57. The molecular formula is C10H20N4. The summed E-state index contributed by atoms with van der Waals surface area (Å²) in [6, 6.07) is 0.184. The van der Waals surface area contributed by atoms with Crippen molar-refractivity contribution in [1.82, 2.24) is 15.2 Å². The Kier molecular flexibility index (Phi) is 3.66. The maximum Gasteiger partial charge on any atom is 0.0538 e. The van der Waals surface area contributed by atoms with Crippen molar-refractivity contribution in [1.29, 1.82) is 0 Å². The summed E-state index contributed by atoms with van der Waals surface area (Å²) in [6.07, 6.45) is 3.87. The van der Waals surface area contributed by atoms with Crippen molar-refractivity contribution < 1.29 is 0 Å². The van der Waals surface area contributed by atoms with Gasteiger partial charge in [-0.1, -0.05) is 20.8 Å². The largest absolute Gasteiger partial charge is 0.275 e. The summed E-state index contributed by atoms with van der Waals surface area (Å²) in [5, 5.41) is 4.15. The van der Waals surface area contributed by atoms with E-state index >= 15 is 0 Å². The van der Waals surface area contributed by atoms with Crippen LogP contribution in [0.5, 0.6) is 0 Å². The van der Waals surface area contributed by atoms with Gasteiger partial charge in [0.2, 0.25) is 0 Å². The van der Waals surface area contributed by atoms with E-state index in [-0.39, 0.29) is 6.04 Å². The molecular weight excluding hydrogens is 176 g/mol. The van der Waals surface area contributed by atoms with Gasteiger partial charge in [-0.15, -0.1) is 0 Å². The standard InChI is InChI=1S/C10H20N4/c1-7(2)8(3)10(13-11)9-5-12-14(4)6-9/h5-8,10,13H,11H2,1-4H3. The van der Waals surface area contributed by atoms with Crippen LogP contribution < -0.4 is 11.3 Å². The Morgan fingerprint density at radius 1 is 1.43 bits per heavy atom.